The number of hydrogen-bond acceptors (Lipinski definition) is 20. The van der Waals surface area contributed by atoms with Crippen molar-refractivity contribution >= 4 is 71.7 Å². The molecule has 0 fully saturated rings. The number of esters is 2. The minimum absolute atomic E-state index is 0. The number of methoxy groups -OCH3 is 2. The van der Waals surface area contributed by atoms with E-state index >= 15 is 0 Å². The SMILES string of the molecule is C.C.C.C.CB(C)C(C)N.CCC[C@@H](CCCCNC(=O)OC(C)(C)C)C(=O)O.CCC[C@@H](CCCCNC(=O)OC(C)(C)C)C(=O)OC.CCN[C@@H](CCCCNC(=O)OC(C)(C)C)C(=O)NC(C)B(C)C.CCOS(=O)(=O)C(F)(F)F.COC(=O)[C@@H](N)CCCCNC(=O)OC(C)(C)C. The lowest BCUT2D eigenvalue weighted by molar-refractivity contribution is -0.146. The van der Waals surface area contributed by atoms with Crippen LogP contribution in [0.2, 0.25) is 27.3 Å². The van der Waals surface area contributed by atoms with Gasteiger partial charge in [-0.25, -0.2) is 19.2 Å². The lowest BCUT2D eigenvalue weighted by Crippen LogP contribution is -2.50. The number of hydrogen-bond donors (Lipinski definition) is 9. The summed E-state index contributed by atoms with van der Waals surface area (Å²) in [6.07, 6.45) is 11.0. The first kappa shape index (κ1) is 117. The summed E-state index contributed by atoms with van der Waals surface area (Å²) in [5.41, 5.74) is 3.77. The Hall–Kier alpha value is -5.33. The van der Waals surface area contributed by atoms with Crippen molar-refractivity contribution < 1.29 is 97.7 Å². The second-order valence-electron chi connectivity index (χ2n) is 27.7. The van der Waals surface area contributed by atoms with E-state index in [9.17, 15) is 59.9 Å². The van der Waals surface area contributed by atoms with Crippen molar-refractivity contribution in [3.8, 4) is 0 Å². The van der Waals surface area contributed by atoms with Crippen LogP contribution < -0.4 is 43.4 Å². The Kier molecular flexibility index (Phi) is 74.4. The number of carbonyl (C=O) groups excluding carboxylic acids is 7. The number of nitrogens with one attached hydrogen (secondary N) is 6. The Labute approximate surface area is 611 Å². The first-order valence-electron chi connectivity index (χ1n) is 34.1. The highest BCUT2D eigenvalue weighted by molar-refractivity contribution is 7.87. The fourth-order valence-electron chi connectivity index (χ4n) is 7.20. The Morgan fingerprint density at radius 3 is 1.04 bits per heavy atom. The largest absolute Gasteiger partial charge is 0.523 e. The maximum absolute atomic E-state index is 12.3. The number of halogens is 3. The van der Waals surface area contributed by atoms with Crippen LogP contribution in [-0.4, -0.2) is 181 Å². The van der Waals surface area contributed by atoms with Gasteiger partial charge in [-0.05, 0) is 180 Å². The van der Waals surface area contributed by atoms with Gasteiger partial charge in [-0.15, -0.1) is 0 Å². The first-order valence-corrected chi connectivity index (χ1v) is 35.5. The minimum atomic E-state index is -5.35. The zero-order chi connectivity index (χ0) is 77.0. The van der Waals surface area contributed by atoms with Crippen LogP contribution in [0.5, 0.6) is 0 Å². The lowest BCUT2D eigenvalue weighted by Gasteiger charge is -2.22. The van der Waals surface area contributed by atoms with Crippen molar-refractivity contribution in [3.63, 3.8) is 0 Å². The van der Waals surface area contributed by atoms with Crippen molar-refractivity contribution in [1.29, 1.82) is 0 Å². The summed E-state index contributed by atoms with van der Waals surface area (Å²) in [6, 6.07) is -0.769. The molecule has 0 aromatic heterocycles. The van der Waals surface area contributed by atoms with E-state index < -0.39 is 87.0 Å². The smallest absolute Gasteiger partial charge is 0.481 e. The van der Waals surface area contributed by atoms with Crippen molar-refractivity contribution in [1.82, 2.24) is 31.9 Å². The molecule has 0 aromatic rings. The van der Waals surface area contributed by atoms with Crippen LogP contribution in [0.1, 0.15) is 257 Å². The van der Waals surface area contributed by atoms with Gasteiger partial charge in [0.05, 0.1) is 38.7 Å². The number of ether oxygens (including phenoxy) is 6. The summed E-state index contributed by atoms with van der Waals surface area (Å²) < 4.78 is 87.0. The molecule has 0 heterocycles. The number of aliphatic carboxylic acids is 1. The molecule has 0 saturated heterocycles. The second kappa shape index (κ2) is 64.3. The average molecular weight is 1490 g/mol. The zero-order valence-corrected chi connectivity index (χ0v) is 64.6. The van der Waals surface area contributed by atoms with Crippen molar-refractivity contribution in [2.24, 2.45) is 23.3 Å². The van der Waals surface area contributed by atoms with E-state index in [4.69, 9.17) is 40.3 Å². The van der Waals surface area contributed by atoms with Gasteiger partial charge in [-0.3, -0.25) is 23.4 Å². The predicted octanol–water partition coefficient (Wildman–Crippen LogP) is 14.1. The van der Waals surface area contributed by atoms with Crippen LogP contribution in [0, 0.1) is 11.8 Å². The van der Waals surface area contributed by atoms with Crippen molar-refractivity contribution in [2.45, 2.75) is 336 Å². The van der Waals surface area contributed by atoms with E-state index in [-0.39, 0.29) is 65.4 Å². The molecule has 6 atom stereocenters. The number of alkyl carbamates (subject to hydrolysis) is 4. The van der Waals surface area contributed by atoms with Gasteiger partial charge in [0, 0.05) is 32.1 Å². The maximum atomic E-state index is 12.3. The summed E-state index contributed by atoms with van der Waals surface area (Å²) >= 11 is 0. The third-order valence-corrected chi connectivity index (χ3v) is 14.0. The van der Waals surface area contributed by atoms with E-state index in [1.54, 1.807) is 0 Å². The molecule has 0 radical (unpaired) electrons. The molecule has 5 amide bonds. The van der Waals surface area contributed by atoms with Crippen LogP contribution in [0.4, 0.5) is 32.3 Å². The normalized spacial score (nSPS) is 12.6. The molecule has 0 aliphatic carbocycles. The third kappa shape index (κ3) is 80.2. The number of unbranched alkanes of at least 4 members (excludes halogenated alkanes) is 4. The van der Waals surface area contributed by atoms with E-state index in [0.717, 1.165) is 103 Å². The van der Waals surface area contributed by atoms with Crippen LogP contribution in [-0.2, 0) is 61.9 Å². The predicted molar refractivity (Wildman–Crippen MR) is 406 cm³/mol. The molecule has 101 heavy (non-hydrogen) atoms. The van der Waals surface area contributed by atoms with Crippen LogP contribution >= 0.6 is 0 Å². The van der Waals surface area contributed by atoms with Crippen LogP contribution in [0.3, 0.4) is 0 Å². The first-order chi connectivity index (χ1) is 44.3. The zero-order valence-electron chi connectivity index (χ0n) is 63.8. The summed E-state index contributed by atoms with van der Waals surface area (Å²) in [4.78, 5) is 91.3. The topological polar surface area (TPSA) is 380 Å². The molecule has 0 spiro atoms. The van der Waals surface area contributed by atoms with Crippen LogP contribution in [0.15, 0.2) is 0 Å². The van der Waals surface area contributed by atoms with E-state index in [2.05, 4.69) is 75.0 Å². The summed E-state index contributed by atoms with van der Waals surface area (Å²) in [7, 11) is -2.61. The Morgan fingerprint density at radius 1 is 0.485 bits per heavy atom. The highest BCUT2D eigenvalue weighted by atomic mass is 32.2. The third-order valence-electron chi connectivity index (χ3n) is 12.9. The Balaban J connectivity index is -0.000000126. The molecule has 11 N–H and O–H groups in total. The molecule has 0 bridgehead atoms. The number of alkyl halides is 3. The number of likely N-dealkylation sites (N-methyl/N-ethyl adjacent to an activating group) is 1. The van der Waals surface area contributed by atoms with Gasteiger partial charge in [0.1, 0.15) is 28.4 Å². The number of carboxylic acids is 1. The van der Waals surface area contributed by atoms with E-state index in [1.807, 2.05) is 111 Å². The van der Waals surface area contributed by atoms with Crippen molar-refractivity contribution in [3.05, 3.63) is 0 Å². The summed E-state index contributed by atoms with van der Waals surface area (Å²) in [6.45, 7) is 45.0. The summed E-state index contributed by atoms with van der Waals surface area (Å²) in [5, 5.41) is 26.0. The molecule has 606 valence electrons. The molecular weight excluding hydrogens is 1340 g/mol. The fourth-order valence-corrected chi connectivity index (χ4v) is 7.65. The number of carbonyl (C=O) groups is 8. The molecule has 0 saturated carbocycles. The molecule has 0 aliphatic heterocycles. The average Bonchev–Trinajstić information content (AvgIpc) is 0.849. The van der Waals surface area contributed by atoms with E-state index in [0.29, 0.717) is 58.4 Å². The van der Waals surface area contributed by atoms with Gasteiger partial charge in [0.15, 0.2) is 13.4 Å². The lowest BCUT2D eigenvalue weighted by atomic mass is 9.49. The number of nitrogens with two attached hydrogens (primary N) is 2. The number of carboxylic acid groups (broad SMARTS) is 1. The van der Waals surface area contributed by atoms with Gasteiger partial charge in [0.2, 0.25) is 5.91 Å². The molecule has 0 rings (SSSR count). The van der Waals surface area contributed by atoms with Crippen LogP contribution in [0.25, 0.3) is 0 Å². The minimum Gasteiger partial charge on any atom is -0.481 e. The monoisotopic (exact) mass is 1490 g/mol. The molecular formula is C69H149B2F3N8O18S. The standard InChI is InChI=1S/C17H36BN3O3.C15H29NO4.C14H27NO4.C12H24N2O4.C4H12BN.C3H5F3O3S.4CH4/c1-8-19-14(15(22)21-13(2)18(6)7)11-9-10-12-20-16(23)24-17(3,4)5;1-6-9-12(13(17)19-5)10-7-8-11-16-14(18)20-15(2,3)4;1-5-8-11(12(16)17)9-6-7-10-15-13(18)19-14(2,3)4;1-12(2,3)18-11(16)14-8-6-5-7-9(13)10(15)17-4;1-4(6)5(2)3;1-2-9-10(7,8)3(4,5)6;;;;/h13-14,19H,8-12H2,1-7H3,(H,20,23)(H,21,22);12H,6-11H2,1-5H3,(H,16,18);11H,5-10H2,1-4H3,(H,15,18)(H,16,17);9H,5-8,13H2,1-4H3,(H,14,16);4H,6H2,1-3H3;2H2,1H3;4*1H4/t13?,14-;12-;11-;9-;;;;;;/m0000....../s1. The van der Waals surface area contributed by atoms with Gasteiger partial charge >= 0.3 is 57.9 Å². The Bertz CT molecular complexity index is 2230. The van der Waals surface area contributed by atoms with Gasteiger partial charge in [-0.2, -0.15) is 21.6 Å². The fraction of sp³-hybridized carbons (Fsp3) is 0.884. The highest BCUT2D eigenvalue weighted by Gasteiger charge is 2.47. The summed E-state index contributed by atoms with van der Waals surface area (Å²) in [5.74, 6) is -0.974. The maximum Gasteiger partial charge on any atom is 0.523 e. The molecule has 0 aromatic carbocycles. The molecule has 2 unspecified atom stereocenters. The van der Waals surface area contributed by atoms with Gasteiger partial charge < -0.3 is 76.9 Å². The van der Waals surface area contributed by atoms with Gasteiger partial charge in [0.25, 0.3) is 0 Å². The van der Waals surface area contributed by atoms with Gasteiger partial charge in [-0.1, -0.05) is 117 Å². The second-order valence-corrected chi connectivity index (χ2v) is 29.3. The highest BCUT2D eigenvalue weighted by Crippen LogP contribution is 2.24. The molecule has 32 heteroatoms. The van der Waals surface area contributed by atoms with Crippen molar-refractivity contribution in [2.75, 3.05) is 53.6 Å². The Morgan fingerprint density at radius 2 is 0.792 bits per heavy atom. The molecule has 0 aliphatic rings. The quantitative estimate of drug-likeness (QED) is 0.00710. The molecule has 26 nitrogen and oxygen atoms in total. The number of rotatable bonds is 35. The number of amides is 5. The van der Waals surface area contributed by atoms with E-state index in [1.165, 1.54) is 14.2 Å².